The fraction of sp³-hybridized carbons (Fsp3) is 0.556. The monoisotopic (exact) mass is 181 g/mol. The Morgan fingerprint density at radius 2 is 2.23 bits per heavy atom. The molecule has 0 bridgehead atoms. The number of anilines is 1. The third-order valence-corrected chi connectivity index (χ3v) is 1.58. The van der Waals surface area contributed by atoms with Gasteiger partial charge < -0.3 is 10.5 Å². The molecule has 0 aliphatic heterocycles. The van der Waals surface area contributed by atoms with Gasteiger partial charge in [-0.1, -0.05) is 13.8 Å². The van der Waals surface area contributed by atoms with Crippen LogP contribution in [0.3, 0.4) is 0 Å². The lowest BCUT2D eigenvalue weighted by Gasteiger charge is -2.06. The van der Waals surface area contributed by atoms with Crippen molar-refractivity contribution in [1.29, 1.82) is 0 Å². The molecule has 0 atom stereocenters. The third-order valence-electron chi connectivity index (χ3n) is 1.58. The standard InChI is InChI=1S/C9H15N3O/c1-7(2)3-4-13-9-6-11-5-8(10)12-9/h5-7H,3-4H2,1-2H3,(H2,10,12). The maximum Gasteiger partial charge on any atom is 0.234 e. The van der Waals surface area contributed by atoms with Crippen LogP contribution in [0.1, 0.15) is 20.3 Å². The number of ether oxygens (including phenoxy) is 1. The van der Waals surface area contributed by atoms with E-state index in [4.69, 9.17) is 10.5 Å². The van der Waals surface area contributed by atoms with Gasteiger partial charge in [0.2, 0.25) is 5.88 Å². The Morgan fingerprint density at radius 1 is 1.46 bits per heavy atom. The van der Waals surface area contributed by atoms with Crippen molar-refractivity contribution in [3.63, 3.8) is 0 Å². The lowest BCUT2D eigenvalue weighted by atomic mass is 10.1. The van der Waals surface area contributed by atoms with E-state index in [0.717, 1.165) is 6.42 Å². The average molecular weight is 181 g/mol. The molecule has 1 rings (SSSR count). The van der Waals surface area contributed by atoms with Crippen LogP contribution in [0.4, 0.5) is 5.82 Å². The van der Waals surface area contributed by atoms with Gasteiger partial charge >= 0.3 is 0 Å². The molecule has 0 aliphatic rings. The van der Waals surface area contributed by atoms with Gasteiger partial charge in [0.05, 0.1) is 19.0 Å². The molecule has 0 fully saturated rings. The second kappa shape index (κ2) is 4.64. The number of hydrogen-bond donors (Lipinski definition) is 1. The third kappa shape index (κ3) is 3.73. The highest BCUT2D eigenvalue weighted by Gasteiger charge is 1.98. The number of hydrogen-bond acceptors (Lipinski definition) is 4. The smallest absolute Gasteiger partial charge is 0.234 e. The normalized spacial score (nSPS) is 10.4. The molecule has 1 heterocycles. The SMILES string of the molecule is CC(C)CCOc1cncc(N)n1. The highest BCUT2D eigenvalue weighted by atomic mass is 16.5. The van der Waals surface area contributed by atoms with E-state index in [9.17, 15) is 0 Å². The molecule has 4 nitrogen and oxygen atoms in total. The van der Waals surface area contributed by atoms with Crippen molar-refractivity contribution in [2.75, 3.05) is 12.3 Å². The summed E-state index contributed by atoms with van der Waals surface area (Å²) in [6, 6.07) is 0. The fourth-order valence-electron chi connectivity index (χ4n) is 0.831. The van der Waals surface area contributed by atoms with Crippen molar-refractivity contribution >= 4 is 5.82 Å². The van der Waals surface area contributed by atoms with Gasteiger partial charge in [-0.15, -0.1) is 0 Å². The van der Waals surface area contributed by atoms with E-state index in [-0.39, 0.29) is 0 Å². The summed E-state index contributed by atoms with van der Waals surface area (Å²) in [4.78, 5) is 7.83. The van der Waals surface area contributed by atoms with E-state index in [2.05, 4.69) is 23.8 Å². The van der Waals surface area contributed by atoms with Gasteiger partial charge in [-0.2, -0.15) is 4.98 Å². The zero-order valence-corrected chi connectivity index (χ0v) is 8.03. The molecule has 0 radical (unpaired) electrons. The first-order chi connectivity index (χ1) is 6.18. The van der Waals surface area contributed by atoms with Crippen LogP contribution < -0.4 is 10.5 Å². The first kappa shape index (κ1) is 9.77. The Morgan fingerprint density at radius 3 is 2.85 bits per heavy atom. The topological polar surface area (TPSA) is 61.0 Å². The lowest BCUT2D eigenvalue weighted by molar-refractivity contribution is 0.278. The molecule has 13 heavy (non-hydrogen) atoms. The molecule has 0 spiro atoms. The van der Waals surface area contributed by atoms with Crippen molar-refractivity contribution in [1.82, 2.24) is 9.97 Å². The number of nitrogens with two attached hydrogens (primary N) is 1. The minimum absolute atomic E-state index is 0.391. The molecular formula is C9H15N3O. The Bertz CT molecular complexity index is 263. The highest BCUT2D eigenvalue weighted by Crippen LogP contribution is 2.07. The number of nitrogens with zero attached hydrogens (tertiary/aromatic N) is 2. The van der Waals surface area contributed by atoms with E-state index in [0.29, 0.717) is 24.2 Å². The van der Waals surface area contributed by atoms with Crippen molar-refractivity contribution in [2.45, 2.75) is 20.3 Å². The highest BCUT2D eigenvalue weighted by molar-refractivity contribution is 5.25. The lowest BCUT2D eigenvalue weighted by Crippen LogP contribution is -2.03. The molecule has 0 saturated carbocycles. The largest absolute Gasteiger partial charge is 0.477 e. The molecular weight excluding hydrogens is 166 g/mol. The Hall–Kier alpha value is -1.32. The van der Waals surface area contributed by atoms with Gasteiger partial charge in [-0.05, 0) is 12.3 Å². The maximum absolute atomic E-state index is 5.44. The summed E-state index contributed by atoms with van der Waals surface area (Å²) < 4.78 is 5.34. The van der Waals surface area contributed by atoms with Crippen LogP contribution >= 0.6 is 0 Å². The Balaban J connectivity index is 2.37. The zero-order chi connectivity index (χ0) is 9.68. The number of rotatable bonds is 4. The quantitative estimate of drug-likeness (QED) is 0.764. The predicted octanol–water partition coefficient (Wildman–Crippen LogP) is 1.48. The van der Waals surface area contributed by atoms with Crippen molar-refractivity contribution in [3.05, 3.63) is 12.4 Å². The first-order valence-electron chi connectivity index (χ1n) is 4.39. The van der Waals surface area contributed by atoms with Gasteiger partial charge in [0, 0.05) is 0 Å². The van der Waals surface area contributed by atoms with E-state index in [1.165, 1.54) is 6.20 Å². The van der Waals surface area contributed by atoms with Crippen molar-refractivity contribution < 1.29 is 4.74 Å². The Labute approximate surface area is 78.1 Å². The van der Waals surface area contributed by atoms with Crippen LogP contribution in [0, 0.1) is 5.92 Å². The second-order valence-corrected chi connectivity index (χ2v) is 3.31. The van der Waals surface area contributed by atoms with Crippen molar-refractivity contribution in [2.24, 2.45) is 5.92 Å². The van der Waals surface area contributed by atoms with Gasteiger partial charge in [-0.3, -0.25) is 4.98 Å². The van der Waals surface area contributed by atoms with E-state index in [1.54, 1.807) is 6.20 Å². The molecule has 1 aromatic heterocycles. The van der Waals surface area contributed by atoms with Crippen LogP contribution in [-0.4, -0.2) is 16.6 Å². The fourth-order valence-corrected chi connectivity index (χ4v) is 0.831. The van der Waals surface area contributed by atoms with Crippen LogP contribution in [0.5, 0.6) is 5.88 Å². The van der Waals surface area contributed by atoms with E-state index in [1.807, 2.05) is 0 Å². The van der Waals surface area contributed by atoms with E-state index < -0.39 is 0 Å². The number of aromatic nitrogens is 2. The molecule has 4 heteroatoms. The van der Waals surface area contributed by atoms with Crippen LogP contribution in [-0.2, 0) is 0 Å². The summed E-state index contributed by atoms with van der Waals surface area (Å²) >= 11 is 0. The maximum atomic E-state index is 5.44. The minimum Gasteiger partial charge on any atom is -0.477 e. The summed E-state index contributed by atoms with van der Waals surface area (Å²) in [6.45, 7) is 4.96. The van der Waals surface area contributed by atoms with E-state index >= 15 is 0 Å². The second-order valence-electron chi connectivity index (χ2n) is 3.31. The summed E-state index contributed by atoms with van der Waals surface area (Å²) in [5, 5.41) is 0. The summed E-state index contributed by atoms with van der Waals surface area (Å²) in [6.07, 6.45) is 4.07. The average Bonchev–Trinajstić information content (AvgIpc) is 2.03. The summed E-state index contributed by atoms with van der Waals surface area (Å²) in [5.41, 5.74) is 5.44. The van der Waals surface area contributed by atoms with Gasteiger partial charge in [0.15, 0.2) is 0 Å². The molecule has 0 unspecified atom stereocenters. The first-order valence-corrected chi connectivity index (χ1v) is 4.39. The molecule has 0 saturated heterocycles. The molecule has 1 aromatic rings. The van der Waals surface area contributed by atoms with Gasteiger partial charge in [0.25, 0.3) is 0 Å². The molecule has 0 aromatic carbocycles. The van der Waals surface area contributed by atoms with Gasteiger partial charge in [0.1, 0.15) is 5.82 Å². The van der Waals surface area contributed by atoms with Crippen molar-refractivity contribution in [3.8, 4) is 5.88 Å². The van der Waals surface area contributed by atoms with Crippen LogP contribution in [0.15, 0.2) is 12.4 Å². The van der Waals surface area contributed by atoms with Crippen LogP contribution in [0.2, 0.25) is 0 Å². The molecule has 72 valence electrons. The zero-order valence-electron chi connectivity index (χ0n) is 8.03. The van der Waals surface area contributed by atoms with Gasteiger partial charge in [-0.25, -0.2) is 0 Å². The Kier molecular flexibility index (Phi) is 3.49. The molecule has 2 N–H and O–H groups in total. The minimum atomic E-state index is 0.391. The number of nitrogen functional groups attached to an aromatic ring is 1. The summed E-state index contributed by atoms with van der Waals surface area (Å²) in [5.74, 6) is 1.52. The molecule has 0 amide bonds. The molecule has 0 aliphatic carbocycles. The summed E-state index contributed by atoms with van der Waals surface area (Å²) in [7, 11) is 0. The van der Waals surface area contributed by atoms with Crippen LogP contribution in [0.25, 0.3) is 0 Å². The predicted molar refractivity (Wildman–Crippen MR) is 51.4 cm³/mol.